The topological polar surface area (TPSA) is 9.23 Å². The third kappa shape index (κ3) is 2.88. The van der Waals surface area contributed by atoms with Crippen LogP contribution in [0, 0.1) is 13.8 Å². The van der Waals surface area contributed by atoms with Crippen molar-refractivity contribution in [1.29, 1.82) is 0 Å². The molecule has 0 fully saturated rings. The zero-order chi connectivity index (χ0) is 8.97. The summed E-state index contributed by atoms with van der Waals surface area (Å²) >= 11 is 3.98. The van der Waals surface area contributed by atoms with Crippen LogP contribution in [-0.2, 0) is 11.3 Å². The molecule has 0 atom stereocenters. The average molecular weight is 182 g/mol. The van der Waals surface area contributed by atoms with Crippen molar-refractivity contribution >= 4 is 12.6 Å². The van der Waals surface area contributed by atoms with Crippen molar-refractivity contribution < 1.29 is 4.74 Å². The second-order valence-corrected chi connectivity index (χ2v) is 3.23. The second kappa shape index (κ2) is 4.53. The highest BCUT2D eigenvalue weighted by Crippen LogP contribution is 2.09. The van der Waals surface area contributed by atoms with E-state index in [4.69, 9.17) is 4.74 Å². The van der Waals surface area contributed by atoms with Gasteiger partial charge in [-0.25, -0.2) is 0 Å². The lowest BCUT2D eigenvalue weighted by Gasteiger charge is -2.04. The van der Waals surface area contributed by atoms with Gasteiger partial charge in [0.15, 0.2) is 0 Å². The number of hydrogen-bond donors (Lipinski definition) is 1. The Morgan fingerprint density at radius 3 is 2.25 bits per heavy atom. The van der Waals surface area contributed by atoms with Crippen LogP contribution < -0.4 is 0 Å². The third-order valence-corrected chi connectivity index (χ3v) is 1.82. The van der Waals surface area contributed by atoms with Crippen LogP contribution in [0.4, 0.5) is 0 Å². The van der Waals surface area contributed by atoms with Crippen LogP contribution in [0.3, 0.4) is 0 Å². The summed E-state index contributed by atoms with van der Waals surface area (Å²) in [7, 11) is 0. The molecule has 1 aromatic rings. The molecule has 0 N–H and O–H groups in total. The van der Waals surface area contributed by atoms with E-state index in [0.717, 1.165) is 0 Å². The molecule has 0 aliphatic rings. The number of benzene rings is 1. The summed E-state index contributed by atoms with van der Waals surface area (Å²) in [6, 6.07) is 6.43. The predicted molar refractivity (Wildman–Crippen MR) is 54.6 cm³/mol. The van der Waals surface area contributed by atoms with E-state index in [9.17, 15) is 0 Å². The Bertz CT molecular complexity index is 238. The SMILES string of the molecule is Cc1cc(C)cc(COCS)c1. The molecule has 0 aliphatic carbocycles. The number of aryl methyl sites for hydroxylation is 2. The Kier molecular flexibility index (Phi) is 3.63. The molecule has 0 aliphatic heterocycles. The van der Waals surface area contributed by atoms with Crippen molar-refractivity contribution in [2.45, 2.75) is 20.5 Å². The molecular weight excluding hydrogens is 168 g/mol. The molecule has 0 heterocycles. The first-order chi connectivity index (χ1) is 5.72. The van der Waals surface area contributed by atoms with Gasteiger partial charge < -0.3 is 4.74 Å². The van der Waals surface area contributed by atoms with Gasteiger partial charge in [-0.3, -0.25) is 0 Å². The van der Waals surface area contributed by atoms with Crippen LogP contribution in [-0.4, -0.2) is 5.94 Å². The smallest absolute Gasteiger partial charge is 0.0897 e. The van der Waals surface area contributed by atoms with Gasteiger partial charge in [-0.05, 0) is 19.4 Å². The average Bonchev–Trinajstić information content (AvgIpc) is 1.99. The lowest BCUT2D eigenvalue weighted by Crippen LogP contribution is -1.91. The van der Waals surface area contributed by atoms with E-state index in [0.29, 0.717) is 12.5 Å². The predicted octanol–water partition coefficient (Wildman–Crippen LogP) is 2.71. The highest BCUT2D eigenvalue weighted by molar-refractivity contribution is 7.80. The lowest BCUT2D eigenvalue weighted by atomic mass is 10.1. The minimum absolute atomic E-state index is 0.479. The molecule has 0 amide bonds. The molecule has 0 saturated heterocycles. The normalized spacial score (nSPS) is 10.2. The van der Waals surface area contributed by atoms with Crippen LogP contribution in [0.2, 0.25) is 0 Å². The first-order valence-electron chi connectivity index (χ1n) is 3.98. The maximum Gasteiger partial charge on any atom is 0.0897 e. The monoisotopic (exact) mass is 182 g/mol. The zero-order valence-electron chi connectivity index (χ0n) is 7.50. The lowest BCUT2D eigenvalue weighted by molar-refractivity contribution is 0.170. The van der Waals surface area contributed by atoms with Crippen LogP contribution in [0.25, 0.3) is 0 Å². The molecule has 1 nitrogen and oxygen atoms in total. The van der Waals surface area contributed by atoms with Gasteiger partial charge >= 0.3 is 0 Å². The molecule has 0 aromatic heterocycles. The molecule has 12 heavy (non-hydrogen) atoms. The van der Waals surface area contributed by atoms with Crippen LogP contribution >= 0.6 is 12.6 Å². The third-order valence-electron chi connectivity index (χ3n) is 1.64. The Labute approximate surface area is 79.2 Å². The van der Waals surface area contributed by atoms with Gasteiger partial charge in [0.2, 0.25) is 0 Å². The molecule has 0 saturated carbocycles. The van der Waals surface area contributed by atoms with Gasteiger partial charge in [-0.15, -0.1) is 0 Å². The van der Waals surface area contributed by atoms with Crippen molar-refractivity contribution in [3.63, 3.8) is 0 Å². The summed E-state index contributed by atoms with van der Waals surface area (Å²) in [6.45, 7) is 4.85. The van der Waals surface area contributed by atoms with Gasteiger partial charge in [-0.2, -0.15) is 12.6 Å². The van der Waals surface area contributed by atoms with E-state index in [1.54, 1.807) is 0 Å². The molecule has 0 bridgehead atoms. The molecule has 0 spiro atoms. The summed E-state index contributed by atoms with van der Waals surface area (Å²) in [5.41, 5.74) is 3.79. The molecule has 1 rings (SSSR count). The summed E-state index contributed by atoms with van der Waals surface area (Å²) in [5, 5.41) is 0. The minimum atomic E-state index is 0.479. The maximum absolute atomic E-state index is 5.19. The fraction of sp³-hybridized carbons (Fsp3) is 0.400. The molecule has 2 heteroatoms. The number of rotatable bonds is 3. The zero-order valence-corrected chi connectivity index (χ0v) is 8.40. The minimum Gasteiger partial charge on any atom is -0.366 e. The van der Waals surface area contributed by atoms with Crippen molar-refractivity contribution in [2.75, 3.05) is 5.94 Å². The van der Waals surface area contributed by atoms with Gasteiger partial charge in [0.05, 0.1) is 12.5 Å². The quantitative estimate of drug-likeness (QED) is 0.558. The first-order valence-corrected chi connectivity index (χ1v) is 4.61. The van der Waals surface area contributed by atoms with Gasteiger partial charge in [0.1, 0.15) is 0 Å². The molecular formula is C10H14OS. The van der Waals surface area contributed by atoms with Crippen LogP contribution in [0.1, 0.15) is 16.7 Å². The second-order valence-electron chi connectivity index (χ2n) is 2.97. The van der Waals surface area contributed by atoms with Crippen molar-refractivity contribution in [1.82, 2.24) is 0 Å². The van der Waals surface area contributed by atoms with Crippen molar-refractivity contribution in [2.24, 2.45) is 0 Å². The summed E-state index contributed by atoms with van der Waals surface area (Å²) in [4.78, 5) is 0. The highest BCUT2D eigenvalue weighted by Gasteiger charge is 1.94. The van der Waals surface area contributed by atoms with Gasteiger partial charge in [0, 0.05) is 0 Å². The van der Waals surface area contributed by atoms with Crippen LogP contribution in [0.15, 0.2) is 18.2 Å². The Hall–Kier alpha value is -0.470. The Morgan fingerprint density at radius 1 is 1.17 bits per heavy atom. The van der Waals surface area contributed by atoms with E-state index >= 15 is 0 Å². The number of thiol groups is 1. The highest BCUT2D eigenvalue weighted by atomic mass is 32.1. The molecule has 66 valence electrons. The largest absolute Gasteiger partial charge is 0.366 e. The van der Waals surface area contributed by atoms with E-state index in [-0.39, 0.29) is 0 Å². The standard InChI is InChI=1S/C10H14OS/c1-8-3-9(2)5-10(4-8)6-11-7-12/h3-5,12H,6-7H2,1-2H3. The molecule has 0 unspecified atom stereocenters. The summed E-state index contributed by atoms with van der Waals surface area (Å²) < 4.78 is 5.19. The van der Waals surface area contributed by atoms with Crippen molar-refractivity contribution in [3.8, 4) is 0 Å². The van der Waals surface area contributed by atoms with E-state index in [1.165, 1.54) is 16.7 Å². The fourth-order valence-electron chi connectivity index (χ4n) is 1.32. The van der Waals surface area contributed by atoms with E-state index in [1.807, 2.05) is 0 Å². The summed E-state index contributed by atoms with van der Waals surface area (Å²) in [6.07, 6.45) is 0. The summed E-state index contributed by atoms with van der Waals surface area (Å²) in [5.74, 6) is 0.479. The van der Waals surface area contributed by atoms with Crippen LogP contribution in [0.5, 0.6) is 0 Å². The number of ether oxygens (including phenoxy) is 1. The Morgan fingerprint density at radius 2 is 1.75 bits per heavy atom. The van der Waals surface area contributed by atoms with Gasteiger partial charge in [0.25, 0.3) is 0 Å². The van der Waals surface area contributed by atoms with E-state index < -0.39 is 0 Å². The van der Waals surface area contributed by atoms with Gasteiger partial charge in [-0.1, -0.05) is 29.3 Å². The van der Waals surface area contributed by atoms with Crippen molar-refractivity contribution in [3.05, 3.63) is 34.9 Å². The maximum atomic E-state index is 5.19. The molecule has 0 radical (unpaired) electrons. The Balaban J connectivity index is 2.72. The fourth-order valence-corrected chi connectivity index (χ4v) is 1.41. The number of hydrogen-bond acceptors (Lipinski definition) is 2. The molecule has 1 aromatic carbocycles. The first kappa shape index (κ1) is 9.62. The van der Waals surface area contributed by atoms with E-state index in [2.05, 4.69) is 44.7 Å².